The van der Waals surface area contributed by atoms with Gasteiger partial charge in [0.25, 0.3) is 0 Å². The summed E-state index contributed by atoms with van der Waals surface area (Å²) in [7, 11) is 3.21. The Morgan fingerprint density at radius 1 is 1.10 bits per heavy atom. The summed E-state index contributed by atoms with van der Waals surface area (Å²) in [6.45, 7) is 0. The first kappa shape index (κ1) is 15.3. The Morgan fingerprint density at radius 2 is 1.86 bits per heavy atom. The van der Waals surface area contributed by atoms with E-state index in [1.165, 1.54) is 11.9 Å². The lowest BCUT2D eigenvalue weighted by Gasteiger charge is -2.10. The quantitative estimate of drug-likeness (QED) is 0.844. The molecule has 0 bridgehead atoms. The van der Waals surface area contributed by atoms with Gasteiger partial charge in [-0.25, -0.2) is 9.97 Å². The van der Waals surface area contributed by atoms with Gasteiger partial charge in [0, 0.05) is 12.5 Å². The molecule has 2 aromatic rings. The summed E-state index contributed by atoms with van der Waals surface area (Å²) < 4.78 is 10.2. The van der Waals surface area contributed by atoms with Gasteiger partial charge < -0.3 is 14.6 Å². The van der Waals surface area contributed by atoms with E-state index in [4.69, 9.17) is 9.47 Å². The molecule has 112 valence electrons. The van der Waals surface area contributed by atoms with Gasteiger partial charge in [-0.3, -0.25) is 0 Å². The molecule has 2 rings (SSSR count). The van der Waals surface area contributed by atoms with Crippen LogP contribution in [0.2, 0.25) is 0 Å². The van der Waals surface area contributed by atoms with Crippen LogP contribution in [0.1, 0.15) is 17.7 Å². The van der Waals surface area contributed by atoms with Crippen LogP contribution in [0.15, 0.2) is 36.7 Å². The second-order valence-electron chi connectivity index (χ2n) is 4.80. The highest BCUT2D eigenvalue weighted by Crippen LogP contribution is 2.15. The van der Waals surface area contributed by atoms with Gasteiger partial charge >= 0.3 is 0 Å². The Hall–Kier alpha value is -2.14. The average Bonchev–Trinajstić information content (AvgIpc) is 2.53. The number of methoxy groups -OCH3 is 2. The fraction of sp³-hybridized carbons (Fsp3) is 0.375. The van der Waals surface area contributed by atoms with Crippen molar-refractivity contribution in [3.05, 3.63) is 47.9 Å². The van der Waals surface area contributed by atoms with Gasteiger partial charge in [0.05, 0.1) is 26.0 Å². The number of ether oxygens (including phenoxy) is 2. The second kappa shape index (κ2) is 7.59. The molecule has 0 fully saturated rings. The van der Waals surface area contributed by atoms with Crippen LogP contribution in [0, 0.1) is 0 Å². The summed E-state index contributed by atoms with van der Waals surface area (Å²) in [5.74, 6) is 1.36. The molecule has 1 N–H and O–H groups in total. The molecule has 0 amide bonds. The number of hydrogen-bond acceptors (Lipinski definition) is 5. The van der Waals surface area contributed by atoms with E-state index < -0.39 is 6.10 Å². The number of nitrogens with zero attached hydrogens (tertiary/aromatic N) is 2. The third-order valence-electron chi connectivity index (χ3n) is 3.28. The Morgan fingerprint density at radius 3 is 2.52 bits per heavy atom. The summed E-state index contributed by atoms with van der Waals surface area (Å²) in [6.07, 6.45) is 3.00. The fourth-order valence-electron chi connectivity index (χ4n) is 2.07. The fourth-order valence-corrected chi connectivity index (χ4v) is 2.07. The lowest BCUT2D eigenvalue weighted by molar-refractivity contribution is 0.164. The molecule has 5 nitrogen and oxygen atoms in total. The molecule has 5 heteroatoms. The van der Waals surface area contributed by atoms with Crippen LogP contribution in [-0.4, -0.2) is 35.4 Å². The van der Waals surface area contributed by atoms with E-state index in [2.05, 4.69) is 9.97 Å². The summed E-state index contributed by atoms with van der Waals surface area (Å²) in [5.41, 5.74) is 1.96. The zero-order valence-electron chi connectivity index (χ0n) is 12.3. The summed E-state index contributed by atoms with van der Waals surface area (Å²) >= 11 is 0. The highest BCUT2D eigenvalue weighted by atomic mass is 16.5. The monoisotopic (exact) mass is 288 g/mol. The zero-order valence-corrected chi connectivity index (χ0v) is 12.3. The first-order valence-electron chi connectivity index (χ1n) is 6.87. The standard InChI is InChI=1S/C16H20N2O3/c1-20-15-7-4-12(5-8-15)3-6-14(19)9-13-10-16(21-2)18-11-17-13/h4-5,7-8,10-11,14,19H,3,6,9H2,1-2H3. The van der Waals surface area contributed by atoms with Gasteiger partial charge in [0.2, 0.25) is 5.88 Å². The summed E-state index contributed by atoms with van der Waals surface area (Å²) in [4.78, 5) is 8.09. The number of aryl methyl sites for hydroxylation is 1. The molecular formula is C16H20N2O3. The van der Waals surface area contributed by atoms with Crippen LogP contribution < -0.4 is 9.47 Å². The first-order valence-corrected chi connectivity index (χ1v) is 6.87. The van der Waals surface area contributed by atoms with Crippen LogP contribution in [0.3, 0.4) is 0 Å². The van der Waals surface area contributed by atoms with E-state index in [1.807, 2.05) is 24.3 Å². The molecule has 0 spiro atoms. The van der Waals surface area contributed by atoms with Crippen LogP contribution in [0.5, 0.6) is 11.6 Å². The van der Waals surface area contributed by atoms with Crippen molar-refractivity contribution in [2.45, 2.75) is 25.4 Å². The van der Waals surface area contributed by atoms with Crippen molar-refractivity contribution in [2.75, 3.05) is 14.2 Å². The number of aromatic nitrogens is 2. The first-order chi connectivity index (χ1) is 10.2. The molecule has 0 radical (unpaired) electrons. The van der Waals surface area contributed by atoms with Gasteiger partial charge in [-0.1, -0.05) is 12.1 Å². The number of aliphatic hydroxyl groups excluding tert-OH is 1. The van der Waals surface area contributed by atoms with E-state index in [0.29, 0.717) is 18.7 Å². The summed E-state index contributed by atoms with van der Waals surface area (Å²) in [6, 6.07) is 9.63. The van der Waals surface area contributed by atoms with Gasteiger partial charge in [-0.2, -0.15) is 0 Å². The van der Waals surface area contributed by atoms with Crippen LogP contribution in [0.4, 0.5) is 0 Å². The van der Waals surface area contributed by atoms with Crippen molar-refractivity contribution in [3.8, 4) is 11.6 Å². The zero-order chi connectivity index (χ0) is 15.1. The molecular weight excluding hydrogens is 268 g/mol. The average molecular weight is 288 g/mol. The molecule has 1 atom stereocenters. The topological polar surface area (TPSA) is 64.5 Å². The van der Waals surface area contributed by atoms with Gasteiger partial charge in [-0.05, 0) is 30.5 Å². The van der Waals surface area contributed by atoms with E-state index in [1.54, 1.807) is 20.3 Å². The van der Waals surface area contributed by atoms with Crippen molar-refractivity contribution in [1.82, 2.24) is 9.97 Å². The Kier molecular flexibility index (Phi) is 5.51. The molecule has 1 aromatic carbocycles. The van der Waals surface area contributed by atoms with Gasteiger partial charge in [0.15, 0.2) is 0 Å². The predicted molar refractivity (Wildman–Crippen MR) is 79.6 cm³/mol. The number of hydrogen-bond donors (Lipinski definition) is 1. The van der Waals surface area contributed by atoms with E-state index in [9.17, 15) is 5.11 Å². The molecule has 1 unspecified atom stereocenters. The van der Waals surface area contributed by atoms with Crippen LogP contribution >= 0.6 is 0 Å². The van der Waals surface area contributed by atoms with E-state index in [0.717, 1.165) is 17.9 Å². The maximum Gasteiger partial charge on any atom is 0.216 e. The molecule has 1 heterocycles. The van der Waals surface area contributed by atoms with E-state index in [-0.39, 0.29) is 0 Å². The van der Waals surface area contributed by atoms with E-state index >= 15 is 0 Å². The Balaban J connectivity index is 1.84. The lowest BCUT2D eigenvalue weighted by atomic mass is 10.0. The maximum absolute atomic E-state index is 10.1. The third-order valence-corrected chi connectivity index (χ3v) is 3.28. The highest BCUT2D eigenvalue weighted by Gasteiger charge is 2.08. The number of rotatable bonds is 7. The maximum atomic E-state index is 10.1. The molecule has 0 saturated heterocycles. The number of aliphatic hydroxyl groups is 1. The highest BCUT2D eigenvalue weighted by molar-refractivity contribution is 5.27. The molecule has 0 aliphatic rings. The Labute approximate surface area is 124 Å². The van der Waals surface area contributed by atoms with Crippen LogP contribution in [-0.2, 0) is 12.8 Å². The molecule has 0 aliphatic heterocycles. The van der Waals surface area contributed by atoms with Crippen molar-refractivity contribution in [1.29, 1.82) is 0 Å². The van der Waals surface area contributed by atoms with Gasteiger partial charge in [-0.15, -0.1) is 0 Å². The van der Waals surface area contributed by atoms with Crippen LogP contribution in [0.25, 0.3) is 0 Å². The normalized spacial score (nSPS) is 12.0. The van der Waals surface area contributed by atoms with Crippen molar-refractivity contribution >= 4 is 0 Å². The molecule has 0 aliphatic carbocycles. The second-order valence-corrected chi connectivity index (χ2v) is 4.80. The predicted octanol–water partition coefficient (Wildman–Crippen LogP) is 2.03. The lowest BCUT2D eigenvalue weighted by Crippen LogP contribution is -2.13. The van der Waals surface area contributed by atoms with Crippen molar-refractivity contribution in [3.63, 3.8) is 0 Å². The Bertz CT molecular complexity index is 558. The molecule has 1 aromatic heterocycles. The smallest absolute Gasteiger partial charge is 0.216 e. The largest absolute Gasteiger partial charge is 0.497 e. The SMILES string of the molecule is COc1ccc(CCC(O)Cc2cc(OC)ncn2)cc1. The minimum absolute atomic E-state index is 0.438. The van der Waals surface area contributed by atoms with Gasteiger partial charge in [0.1, 0.15) is 12.1 Å². The van der Waals surface area contributed by atoms with Crippen molar-refractivity contribution in [2.24, 2.45) is 0 Å². The molecule has 21 heavy (non-hydrogen) atoms. The summed E-state index contributed by atoms with van der Waals surface area (Å²) in [5, 5.41) is 10.1. The molecule has 0 saturated carbocycles. The van der Waals surface area contributed by atoms with Crippen molar-refractivity contribution < 1.29 is 14.6 Å². The third kappa shape index (κ3) is 4.72. The minimum Gasteiger partial charge on any atom is -0.497 e. The minimum atomic E-state index is -0.438. The number of benzene rings is 1.